The van der Waals surface area contributed by atoms with E-state index in [0.717, 1.165) is 109 Å². The van der Waals surface area contributed by atoms with Crippen LogP contribution in [0, 0.1) is 5.92 Å². The molecule has 17 nitrogen and oxygen atoms in total. The molecule has 0 amide bonds. The van der Waals surface area contributed by atoms with Crippen molar-refractivity contribution in [2.24, 2.45) is 5.92 Å². The van der Waals surface area contributed by atoms with E-state index in [-0.39, 0.29) is 25.7 Å². The summed E-state index contributed by atoms with van der Waals surface area (Å²) < 4.78 is 68.3. The molecule has 0 aromatic carbocycles. The number of carbonyl (C=O) groups is 4. The van der Waals surface area contributed by atoms with Gasteiger partial charge in [-0.1, -0.05) is 330 Å². The third-order valence-corrected chi connectivity index (χ3v) is 18.9. The van der Waals surface area contributed by atoms with E-state index >= 15 is 0 Å². The van der Waals surface area contributed by atoms with Crippen molar-refractivity contribution in [3.8, 4) is 0 Å². The largest absolute Gasteiger partial charge is 0.472 e. The second-order valence-electron chi connectivity index (χ2n) is 26.8. The lowest BCUT2D eigenvalue weighted by molar-refractivity contribution is -0.161. The molecule has 92 heavy (non-hydrogen) atoms. The Balaban J connectivity index is 5.17. The monoisotopic (exact) mass is 1350 g/mol. The highest BCUT2D eigenvalue weighted by molar-refractivity contribution is 7.47. The minimum Gasteiger partial charge on any atom is -0.462 e. The molecule has 0 spiro atoms. The first-order valence-corrected chi connectivity index (χ1v) is 41.1. The molecule has 546 valence electrons. The van der Waals surface area contributed by atoms with Crippen LogP contribution in [-0.4, -0.2) is 96.7 Å². The van der Waals surface area contributed by atoms with Crippen molar-refractivity contribution < 1.29 is 80.2 Å². The average molecular weight is 1350 g/mol. The summed E-state index contributed by atoms with van der Waals surface area (Å²) in [6.07, 6.45) is 54.4. The Morgan fingerprint density at radius 1 is 0.293 bits per heavy atom. The molecule has 0 saturated carbocycles. The van der Waals surface area contributed by atoms with Crippen molar-refractivity contribution in [3.05, 3.63) is 0 Å². The Labute approximate surface area is 562 Å². The maximum absolute atomic E-state index is 13.1. The molecule has 2 unspecified atom stereocenters. The second-order valence-corrected chi connectivity index (χ2v) is 29.7. The number of phosphoric acid groups is 2. The summed E-state index contributed by atoms with van der Waals surface area (Å²) in [7, 11) is -9.90. The molecule has 0 aliphatic rings. The van der Waals surface area contributed by atoms with E-state index in [2.05, 4.69) is 34.6 Å². The number of esters is 4. The van der Waals surface area contributed by atoms with E-state index < -0.39 is 97.5 Å². The lowest BCUT2D eigenvalue weighted by atomic mass is 10.0. The SMILES string of the molecule is CCCCCCCCCCCCCCCCCCCCCCC(=O)O[C@H](COC(=O)CCCCCCCCCCCCCCCC)COP(=O)(O)OC[C@@H](O)COP(=O)(O)OC[C@@H](COC(=O)CCCCCCCCC)OC(=O)CCCCCCCCCCC(C)C. The predicted molar refractivity (Wildman–Crippen MR) is 372 cm³/mol. The normalized spacial score (nSPS) is 14.0. The van der Waals surface area contributed by atoms with Gasteiger partial charge in [-0.2, -0.15) is 0 Å². The fourth-order valence-electron chi connectivity index (χ4n) is 11.2. The number of hydrogen-bond donors (Lipinski definition) is 3. The highest BCUT2D eigenvalue weighted by atomic mass is 31.2. The van der Waals surface area contributed by atoms with Crippen molar-refractivity contribution in [1.29, 1.82) is 0 Å². The highest BCUT2D eigenvalue weighted by Crippen LogP contribution is 2.45. The Morgan fingerprint density at radius 3 is 0.739 bits per heavy atom. The van der Waals surface area contributed by atoms with Crippen molar-refractivity contribution in [3.63, 3.8) is 0 Å². The molecule has 0 aliphatic heterocycles. The van der Waals surface area contributed by atoms with Crippen LogP contribution in [0.3, 0.4) is 0 Å². The van der Waals surface area contributed by atoms with E-state index in [0.29, 0.717) is 25.7 Å². The molecule has 0 heterocycles. The van der Waals surface area contributed by atoms with Crippen LogP contribution in [0.5, 0.6) is 0 Å². The van der Waals surface area contributed by atoms with Gasteiger partial charge in [0, 0.05) is 25.7 Å². The number of aliphatic hydroxyl groups is 1. The van der Waals surface area contributed by atoms with Crippen LogP contribution in [0.25, 0.3) is 0 Å². The molecular formula is C73H142O17P2. The van der Waals surface area contributed by atoms with Gasteiger partial charge in [-0.15, -0.1) is 0 Å². The summed E-state index contributed by atoms with van der Waals surface area (Å²) in [5.74, 6) is -1.41. The number of aliphatic hydroxyl groups excluding tert-OH is 1. The summed E-state index contributed by atoms with van der Waals surface area (Å²) in [6.45, 7) is 7.19. The van der Waals surface area contributed by atoms with Gasteiger partial charge in [-0.05, 0) is 31.6 Å². The number of unbranched alkanes of at least 4 members (excludes halogenated alkanes) is 45. The Morgan fingerprint density at radius 2 is 0.500 bits per heavy atom. The summed E-state index contributed by atoms with van der Waals surface area (Å²) in [6, 6.07) is 0. The van der Waals surface area contributed by atoms with Crippen molar-refractivity contribution in [1.82, 2.24) is 0 Å². The Kier molecular flexibility index (Phi) is 64.9. The predicted octanol–water partition coefficient (Wildman–Crippen LogP) is 21.3. The van der Waals surface area contributed by atoms with E-state index in [4.69, 9.17) is 37.0 Å². The van der Waals surface area contributed by atoms with E-state index in [1.165, 1.54) is 193 Å². The fourth-order valence-corrected chi connectivity index (χ4v) is 12.8. The number of rotatable bonds is 73. The highest BCUT2D eigenvalue weighted by Gasteiger charge is 2.30. The van der Waals surface area contributed by atoms with E-state index in [1.807, 2.05) is 0 Å². The van der Waals surface area contributed by atoms with Crippen molar-refractivity contribution in [2.45, 2.75) is 400 Å². The summed E-state index contributed by atoms with van der Waals surface area (Å²) in [5, 5.41) is 10.6. The van der Waals surface area contributed by atoms with Gasteiger partial charge in [0.15, 0.2) is 12.2 Å². The van der Waals surface area contributed by atoms with Crippen molar-refractivity contribution >= 4 is 39.5 Å². The molecule has 0 radical (unpaired) electrons. The minimum absolute atomic E-state index is 0.104. The average Bonchev–Trinajstić information content (AvgIpc) is 1.61. The molecule has 0 rings (SSSR count). The van der Waals surface area contributed by atoms with Crippen LogP contribution in [0.15, 0.2) is 0 Å². The number of phosphoric ester groups is 2. The molecular weight excluding hydrogens is 1210 g/mol. The van der Waals surface area contributed by atoms with Crippen LogP contribution in [0.4, 0.5) is 0 Å². The molecule has 0 aromatic heterocycles. The lowest BCUT2D eigenvalue weighted by Gasteiger charge is -2.21. The number of ether oxygens (including phenoxy) is 4. The quantitative estimate of drug-likeness (QED) is 0.0222. The lowest BCUT2D eigenvalue weighted by Crippen LogP contribution is -2.30. The first kappa shape index (κ1) is 90.1. The first-order valence-electron chi connectivity index (χ1n) is 38.1. The molecule has 0 saturated heterocycles. The zero-order valence-corrected chi connectivity index (χ0v) is 61.5. The fraction of sp³-hybridized carbons (Fsp3) is 0.945. The van der Waals surface area contributed by atoms with Gasteiger partial charge in [-0.25, -0.2) is 9.13 Å². The first-order chi connectivity index (χ1) is 44.5. The maximum Gasteiger partial charge on any atom is 0.472 e. The Bertz CT molecular complexity index is 1770. The van der Waals surface area contributed by atoms with Gasteiger partial charge >= 0.3 is 39.5 Å². The van der Waals surface area contributed by atoms with Gasteiger partial charge < -0.3 is 33.8 Å². The van der Waals surface area contributed by atoms with Gasteiger partial charge in [0.1, 0.15) is 19.3 Å². The van der Waals surface area contributed by atoms with Crippen LogP contribution in [0.1, 0.15) is 381 Å². The van der Waals surface area contributed by atoms with Crippen LogP contribution >= 0.6 is 15.6 Å². The molecule has 5 atom stereocenters. The molecule has 0 fully saturated rings. The number of carbonyl (C=O) groups excluding carboxylic acids is 4. The van der Waals surface area contributed by atoms with Crippen LogP contribution in [0.2, 0.25) is 0 Å². The topological polar surface area (TPSA) is 237 Å². The minimum atomic E-state index is -4.95. The van der Waals surface area contributed by atoms with E-state index in [9.17, 15) is 43.2 Å². The number of hydrogen-bond acceptors (Lipinski definition) is 15. The molecule has 3 N–H and O–H groups in total. The zero-order valence-electron chi connectivity index (χ0n) is 59.7. The molecule has 0 bridgehead atoms. The second kappa shape index (κ2) is 66.3. The standard InChI is InChI=1S/C73H142O17P2/c1-6-9-12-15-18-20-22-24-26-27-28-29-30-31-33-35-37-43-48-53-58-72(77)89-69(63-84-71(76)57-52-47-42-36-34-32-25-23-21-19-16-13-10-7-2)65-88-92(81,82)86-61-67(74)60-85-91(79,80)87-64-68(62-83-70(75)56-51-46-40-17-14-11-8-3)90-73(78)59-54-49-44-39-38-41-45-50-55-66(4)5/h66-69,74H,6-65H2,1-5H3,(H,79,80)(H,81,82)/t67-,68+,69+/m0/s1. The molecule has 19 heteroatoms. The molecule has 0 aromatic rings. The van der Waals surface area contributed by atoms with Crippen LogP contribution in [-0.2, 0) is 65.4 Å². The molecule has 0 aliphatic carbocycles. The van der Waals surface area contributed by atoms with Gasteiger partial charge in [0.2, 0.25) is 0 Å². The third-order valence-electron chi connectivity index (χ3n) is 17.0. The van der Waals surface area contributed by atoms with Gasteiger partial charge in [0.25, 0.3) is 0 Å². The summed E-state index contributed by atoms with van der Waals surface area (Å²) in [5.41, 5.74) is 0. The Hall–Kier alpha value is -1.94. The third kappa shape index (κ3) is 66.7. The maximum atomic E-state index is 13.1. The summed E-state index contributed by atoms with van der Waals surface area (Å²) in [4.78, 5) is 72.5. The zero-order chi connectivity index (χ0) is 67.7. The van der Waals surface area contributed by atoms with Crippen molar-refractivity contribution in [2.75, 3.05) is 39.6 Å². The van der Waals surface area contributed by atoms with E-state index in [1.54, 1.807) is 0 Å². The van der Waals surface area contributed by atoms with Gasteiger partial charge in [0.05, 0.1) is 26.4 Å². The summed E-state index contributed by atoms with van der Waals surface area (Å²) >= 11 is 0. The smallest absolute Gasteiger partial charge is 0.462 e. The van der Waals surface area contributed by atoms with Gasteiger partial charge in [-0.3, -0.25) is 37.3 Å². The van der Waals surface area contributed by atoms with Crippen LogP contribution < -0.4 is 0 Å².